The Labute approximate surface area is 199 Å². The molecule has 168 valence electrons. The average molecular weight is 491 g/mol. The minimum Gasteiger partial charge on any atom is -0.350 e. The maximum absolute atomic E-state index is 13.5. The number of hydrogen-bond donors (Lipinski definition) is 1. The molecule has 3 aromatic rings. The third-order valence-corrected chi connectivity index (χ3v) is 7.59. The predicted octanol–water partition coefficient (Wildman–Crippen LogP) is 5.43. The molecule has 0 fully saturated rings. The number of carbonyl (C=O) groups is 1. The number of hydrogen-bond acceptors (Lipinski definition) is 3. The normalized spacial score (nSPS) is 11.3. The lowest BCUT2D eigenvalue weighted by atomic mass is 10.1. The maximum Gasteiger partial charge on any atom is 0.264 e. The summed E-state index contributed by atoms with van der Waals surface area (Å²) in [6.07, 6.45) is 0. The van der Waals surface area contributed by atoms with E-state index in [1.54, 1.807) is 54.6 Å². The van der Waals surface area contributed by atoms with Crippen LogP contribution in [0.2, 0.25) is 10.0 Å². The van der Waals surface area contributed by atoms with Crippen LogP contribution in [0.1, 0.15) is 22.3 Å². The Morgan fingerprint density at radius 1 is 0.969 bits per heavy atom. The van der Waals surface area contributed by atoms with Crippen molar-refractivity contribution in [2.75, 3.05) is 10.8 Å². The van der Waals surface area contributed by atoms with Gasteiger partial charge >= 0.3 is 0 Å². The van der Waals surface area contributed by atoms with E-state index in [1.165, 1.54) is 0 Å². The summed E-state index contributed by atoms with van der Waals surface area (Å²) >= 11 is 12.1. The highest BCUT2D eigenvalue weighted by atomic mass is 35.5. The number of carbonyl (C=O) groups excluding carboxylic acids is 1. The summed E-state index contributed by atoms with van der Waals surface area (Å²) in [5.41, 5.74) is 3.81. The zero-order valence-corrected chi connectivity index (χ0v) is 20.4. The smallest absolute Gasteiger partial charge is 0.264 e. The van der Waals surface area contributed by atoms with Crippen LogP contribution in [0.4, 0.5) is 5.69 Å². The molecule has 0 spiro atoms. The van der Waals surface area contributed by atoms with Crippen LogP contribution in [0.5, 0.6) is 0 Å². The van der Waals surface area contributed by atoms with Gasteiger partial charge in [0.15, 0.2) is 0 Å². The zero-order valence-electron chi connectivity index (χ0n) is 18.0. The Kier molecular flexibility index (Phi) is 7.49. The molecular formula is C24H24Cl2N2O3S. The van der Waals surface area contributed by atoms with E-state index in [-0.39, 0.29) is 18.0 Å². The number of nitrogens with zero attached hydrogens (tertiary/aromatic N) is 1. The third kappa shape index (κ3) is 5.44. The first-order valence-corrected chi connectivity index (χ1v) is 12.2. The standard InChI is InChI=1S/C24H24Cl2N2O3S/c1-16-7-11-21(12-8-16)32(30,31)28(23-6-4-5-17(2)18(23)3)15-24(29)27-14-19-9-10-20(25)13-22(19)26/h4-13H,14-15H2,1-3H3,(H,27,29). The van der Waals surface area contributed by atoms with Gasteiger partial charge in [-0.3, -0.25) is 9.10 Å². The first-order chi connectivity index (χ1) is 15.1. The first kappa shape index (κ1) is 24.1. The van der Waals surface area contributed by atoms with Gasteiger partial charge in [0, 0.05) is 16.6 Å². The molecular weight excluding hydrogens is 467 g/mol. The number of anilines is 1. The molecule has 1 amide bonds. The van der Waals surface area contributed by atoms with Crippen molar-refractivity contribution in [3.8, 4) is 0 Å². The van der Waals surface area contributed by atoms with Crippen LogP contribution >= 0.6 is 23.2 Å². The molecule has 0 aliphatic heterocycles. The highest BCUT2D eigenvalue weighted by Gasteiger charge is 2.28. The lowest BCUT2D eigenvalue weighted by Crippen LogP contribution is -2.41. The van der Waals surface area contributed by atoms with Gasteiger partial charge in [-0.05, 0) is 67.8 Å². The maximum atomic E-state index is 13.5. The molecule has 0 atom stereocenters. The van der Waals surface area contributed by atoms with Crippen molar-refractivity contribution in [1.29, 1.82) is 0 Å². The van der Waals surface area contributed by atoms with Crippen molar-refractivity contribution in [3.05, 3.63) is 93.0 Å². The Morgan fingerprint density at radius 2 is 1.66 bits per heavy atom. The molecule has 0 aromatic heterocycles. The van der Waals surface area contributed by atoms with E-state index in [0.717, 1.165) is 21.0 Å². The molecule has 3 aromatic carbocycles. The fourth-order valence-corrected chi connectivity index (χ4v) is 5.14. The number of aryl methyl sites for hydroxylation is 2. The summed E-state index contributed by atoms with van der Waals surface area (Å²) in [6.45, 7) is 5.41. The fraction of sp³-hybridized carbons (Fsp3) is 0.208. The third-order valence-electron chi connectivity index (χ3n) is 5.23. The Balaban J connectivity index is 1.91. The molecule has 5 nitrogen and oxygen atoms in total. The van der Waals surface area contributed by atoms with Crippen molar-refractivity contribution in [2.24, 2.45) is 0 Å². The molecule has 1 N–H and O–H groups in total. The Morgan fingerprint density at radius 3 is 2.31 bits per heavy atom. The predicted molar refractivity (Wildman–Crippen MR) is 130 cm³/mol. The lowest BCUT2D eigenvalue weighted by molar-refractivity contribution is -0.119. The largest absolute Gasteiger partial charge is 0.350 e. The number of benzene rings is 3. The fourth-order valence-electron chi connectivity index (χ4n) is 3.19. The SMILES string of the molecule is Cc1ccc(S(=O)(=O)N(CC(=O)NCc2ccc(Cl)cc2Cl)c2cccc(C)c2C)cc1. The van der Waals surface area contributed by atoms with Gasteiger partial charge < -0.3 is 5.32 Å². The number of sulfonamides is 1. The molecule has 0 aliphatic rings. The van der Waals surface area contributed by atoms with E-state index in [2.05, 4.69) is 5.32 Å². The van der Waals surface area contributed by atoms with Crippen LogP contribution < -0.4 is 9.62 Å². The van der Waals surface area contributed by atoms with Crippen molar-refractivity contribution < 1.29 is 13.2 Å². The van der Waals surface area contributed by atoms with Gasteiger partial charge in [0.05, 0.1) is 10.6 Å². The van der Waals surface area contributed by atoms with Crippen molar-refractivity contribution in [2.45, 2.75) is 32.2 Å². The van der Waals surface area contributed by atoms with E-state index in [1.807, 2.05) is 26.8 Å². The zero-order chi connectivity index (χ0) is 23.5. The second-order valence-electron chi connectivity index (χ2n) is 7.56. The molecule has 0 saturated heterocycles. The van der Waals surface area contributed by atoms with Gasteiger partial charge in [-0.1, -0.05) is 59.1 Å². The Hall–Kier alpha value is -2.54. The lowest BCUT2D eigenvalue weighted by Gasteiger charge is -2.26. The van der Waals surface area contributed by atoms with Crippen molar-refractivity contribution in [3.63, 3.8) is 0 Å². The van der Waals surface area contributed by atoms with Crippen LogP contribution in [0.3, 0.4) is 0 Å². The van der Waals surface area contributed by atoms with E-state index in [4.69, 9.17) is 23.2 Å². The number of amides is 1. The molecule has 0 heterocycles. The second kappa shape index (κ2) is 9.94. The number of nitrogens with one attached hydrogen (secondary N) is 1. The van der Waals surface area contributed by atoms with Crippen LogP contribution in [0, 0.1) is 20.8 Å². The minimum absolute atomic E-state index is 0.123. The summed E-state index contributed by atoms with van der Waals surface area (Å²) in [4.78, 5) is 12.9. The highest BCUT2D eigenvalue weighted by Crippen LogP contribution is 2.28. The second-order valence-corrected chi connectivity index (χ2v) is 10.3. The Bertz CT molecular complexity index is 1240. The molecule has 0 radical (unpaired) electrons. The molecule has 0 unspecified atom stereocenters. The topological polar surface area (TPSA) is 66.5 Å². The van der Waals surface area contributed by atoms with Crippen LogP contribution in [-0.2, 0) is 21.4 Å². The molecule has 3 rings (SSSR count). The summed E-state index contributed by atoms with van der Waals surface area (Å²) in [6, 6.07) is 16.9. The van der Waals surface area contributed by atoms with E-state index in [0.29, 0.717) is 21.3 Å². The van der Waals surface area contributed by atoms with Crippen LogP contribution in [0.25, 0.3) is 0 Å². The van der Waals surface area contributed by atoms with Gasteiger partial charge in [-0.15, -0.1) is 0 Å². The molecule has 8 heteroatoms. The van der Waals surface area contributed by atoms with Gasteiger partial charge in [0.2, 0.25) is 5.91 Å². The van der Waals surface area contributed by atoms with E-state index < -0.39 is 15.9 Å². The van der Waals surface area contributed by atoms with E-state index >= 15 is 0 Å². The van der Waals surface area contributed by atoms with Crippen LogP contribution in [-0.4, -0.2) is 20.9 Å². The van der Waals surface area contributed by atoms with E-state index in [9.17, 15) is 13.2 Å². The van der Waals surface area contributed by atoms with Gasteiger partial charge in [0.1, 0.15) is 6.54 Å². The monoisotopic (exact) mass is 490 g/mol. The van der Waals surface area contributed by atoms with Gasteiger partial charge in [0.25, 0.3) is 10.0 Å². The number of halogens is 2. The quantitative estimate of drug-likeness (QED) is 0.479. The van der Waals surface area contributed by atoms with Crippen molar-refractivity contribution >= 4 is 44.8 Å². The van der Waals surface area contributed by atoms with Gasteiger partial charge in [-0.2, -0.15) is 0 Å². The number of rotatable bonds is 7. The van der Waals surface area contributed by atoms with Crippen LogP contribution in [0.15, 0.2) is 65.6 Å². The van der Waals surface area contributed by atoms with Gasteiger partial charge in [-0.25, -0.2) is 8.42 Å². The summed E-state index contributed by atoms with van der Waals surface area (Å²) in [7, 11) is -3.97. The summed E-state index contributed by atoms with van der Waals surface area (Å²) in [5.74, 6) is -0.451. The summed E-state index contributed by atoms with van der Waals surface area (Å²) in [5, 5.41) is 3.68. The first-order valence-electron chi connectivity index (χ1n) is 9.96. The molecule has 0 bridgehead atoms. The molecule has 0 aliphatic carbocycles. The highest BCUT2D eigenvalue weighted by molar-refractivity contribution is 7.92. The minimum atomic E-state index is -3.97. The molecule has 0 saturated carbocycles. The summed E-state index contributed by atoms with van der Waals surface area (Å²) < 4.78 is 28.2. The average Bonchev–Trinajstić information content (AvgIpc) is 2.74. The molecule has 32 heavy (non-hydrogen) atoms. The van der Waals surface area contributed by atoms with Crippen molar-refractivity contribution in [1.82, 2.24) is 5.32 Å².